The molecule has 4 nitrogen and oxygen atoms in total. The fraction of sp³-hybridized carbons (Fsp3) is 0.200. The minimum absolute atomic E-state index is 0. The Hall–Kier alpha value is -2.29. The summed E-state index contributed by atoms with van der Waals surface area (Å²) in [5, 5.41) is 10.2. The Labute approximate surface area is 211 Å². The molecule has 0 bridgehead atoms. The van der Waals surface area contributed by atoms with E-state index in [1.807, 2.05) is 56.3 Å². The fourth-order valence-corrected chi connectivity index (χ4v) is 3.31. The molecule has 31 heavy (non-hydrogen) atoms. The normalized spacial score (nSPS) is 12.2. The molecule has 2 unspecified atom stereocenters. The molecule has 0 spiro atoms. The Morgan fingerprint density at radius 2 is 1.58 bits per heavy atom. The molecule has 0 N–H and O–H groups in total. The summed E-state index contributed by atoms with van der Waals surface area (Å²) in [6.45, 7) is 3.88. The van der Waals surface area contributed by atoms with E-state index in [1.165, 1.54) is 0 Å². The summed E-state index contributed by atoms with van der Waals surface area (Å²) in [5.41, 5.74) is 1.36. The quantitative estimate of drug-likeness (QED) is 0.411. The number of nitrogens with zero attached hydrogens (tertiary/aromatic N) is 1. The molecule has 0 fully saturated rings. The molecule has 2 atom stereocenters. The zero-order valence-corrected chi connectivity index (χ0v) is 20.5. The smallest absolute Gasteiger partial charge is 1.00 e. The predicted octanol–water partition coefficient (Wildman–Crippen LogP) is 3.80. The van der Waals surface area contributed by atoms with Crippen LogP contribution in [0.2, 0.25) is 5.02 Å². The van der Waals surface area contributed by atoms with Crippen molar-refractivity contribution in [1.82, 2.24) is 0 Å². The van der Waals surface area contributed by atoms with Gasteiger partial charge in [-0.15, -0.1) is 0 Å². The third-order valence-corrected chi connectivity index (χ3v) is 4.89. The second-order valence-electron chi connectivity index (χ2n) is 7.21. The van der Waals surface area contributed by atoms with Crippen molar-refractivity contribution < 1.29 is 45.3 Å². The van der Waals surface area contributed by atoms with Crippen LogP contribution in [0, 0.1) is 17.2 Å². The first-order chi connectivity index (χ1) is 14.5. The molecule has 0 amide bonds. The van der Waals surface area contributed by atoms with Gasteiger partial charge in [0, 0.05) is 10.6 Å². The summed E-state index contributed by atoms with van der Waals surface area (Å²) in [4.78, 5) is 13.0. The Bertz CT molecular complexity index is 1040. The minimum atomic E-state index is -1.04. The van der Waals surface area contributed by atoms with Crippen molar-refractivity contribution in [2.24, 2.45) is 5.92 Å². The average Bonchev–Trinajstić information content (AvgIpc) is 2.74. The average molecular weight is 444 g/mol. The van der Waals surface area contributed by atoms with Crippen molar-refractivity contribution in [3.05, 3.63) is 95.0 Å². The molecular formula is C25H23ClNNaO3. The van der Waals surface area contributed by atoms with E-state index < -0.39 is 18.0 Å². The molecule has 0 aliphatic carbocycles. The maximum Gasteiger partial charge on any atom is 1.00 e. The summed E-state index contributed by atoms with van der Waals surface area (Å²) >= 11 is 5.96. The van der Waals surface area contributed by atoms with Crippen molar-refractivity contribution in [1.29, 1.82) is 5.26 Å². The van der Waals surface area contributed by atoms with E-state index in [0.29, 0.717) is 22.1 Å². The topological polar surface area (TPSA) is 59.3 Å². The zero-order chi connectivity index (χ0) is 21.5. The van der Waals surface area contributed by atoms with Gasteiger partial charge < -0.3 is 10.9 Å². The number of para-hydroxylation sites is 1. The Balaban J connectivity index is 0.00000256. The monoisotopic (exact) mass is 443 g/mol. The molecular weight excluding hydrogens is 421 g/mol. The Kier molecular flexibility index (Phi) is 9.61. The summed E-state index contributed by atoms with van der Waals surface area (Å²) < 4.78 is 11.4. The van der Waals surface area contributed by atoms with Gasteiger partial charge in [-0.2, -0.15) is 5.26 Å². The van der Waals surface area contributed by atoms with Gasteiger partial charge >= 0.3 is 35.5 Å². The number of hydrogen-bond donors (Lipinski definition) is 0. The van der Waals surface area contributed by atoms with E-state index in [2.05, 4.69) is 6.07 Å². The van der Waals surface area contributed by atoms with Gasteiger partial charge in [0.1, 0.15) is 17.6 Å². The van der Waals surface area contributed by atoms with Gasteiger partial charge in [-0.1, -0.05) is 67.9 Å². The van der Waals surface area contributed by atoms with Crippen molar-refractivity contribution in [2.45, 2.75) is 25.9 Å². The first kappa shape index (κ1) is 25.0. The first-order valence-electron chi connectivity index (χ1n) is 9.66. The molecule has 0 radical (unpaired) electrons. The van der Waals surface area contributed by atoms with Crippen molar-refractivity contribution in [2.75, 3.05) is 0 Å². The summed E-state index contributed by atoms with van der Waals surface area (Å²) in [6, 6.07) is 25.5. The Morgan fingerprint density at radius 3 is 2.19 bits per heavy atom. The van der Waals surface area contributed by atoms with Gasteiger partial charge in [0.25, 0.3) is 0 Å². The van der Waals surface area contributed by atoms with Crippen LogP contribution in [0.25, 0.3) is 0 Å². The minimum Gasteiger partial charge on any atom is -1.00 e. The third kappa shape index (κ3) is 6.85. The molecule has 3 rings (SSSR count). The molecule has 3 aromatic rings. The molecule has 0 aromatic heterocycles. The number of rotatable bonds is 7. The van der Waals surface area contributed by atoms with Gasteiger partial charge in [0.2, 0.25) is 6.10 Å². The van der Waals surface area contributed by atoms with Crippen LogP contribution in [0.5, 0.6) is 11.5 Å². The number of carbonyl (C=O) groups is 1. The van der Waals surface area contributed by atoms with Crippen molar-refractivity contribution in [3.8, 4) is 17.6 Å². The molecule has 0 aliphatic heterocycles. The van der Waals surface area contributed by atoms with Gasteiger partial charge in [-0.3, -0.25) is 4.79 Å². The van der Waals surface area contributed by atoms with E-state index >= 15 is 0 Å². The second-order valence-corrected chi connectivity index (χ2v) is 7.64. The maximum atomic E-state index is 13.0. The van der Waals surface area contributed by atoms with E-state index in [-0.39, 0.29) is 36.9 Å². The van der Waals surface area contributed by atoms with Crippen LogP contribution in [0.3, 0.4) is 0 Å². The van der Waals surface area contributed by atoms with Crippen LogP contribution in [-0.4, -0.2) is 5.97 Å². The number of esters is 1. The fourth-order valence-electron chi connectivity index (χ4n) is 3.19. The number of hydrogen-bond acceptors (Lipinski definition) is 4. The van der Waals surface area contributed by atoms with E-state index in [9.17, 15) is 10.1 Å². The molecule has 3 aromatic carbocycles. The summed E-state index contributed by atoms with van der Waals surface area (Å²) in [6.07, 6.45) is -1.04. The number of benzene rings is 3. The second kappa shape index (κ2) is 11.9. The van der Waals surface area contributed by atoms with Crippen LogP contribution in [0.15, 0.2) is 78.9 Å². The van der Waals surface area contributed by atoms with Gasteiger partial charge in [0.05, 0.1) is 5.92 Å². The number of ether oxygens (including phenoxy) is 2. The predicted molar refractivity (Wildman–Crippen MR) is 118 cm³/mol. The number of nitriles is 1. The van der Waals surface area contributed by atoms with Crippen molar-refractivity contribution in [3.63, 3.8) is 0 Å². The molecule has 0 saturated carbocycles. The summed E-state index contributed by atoms with van der Waals surface area (Å²) in [5.74, 6) is 0.289. The van der Waals surface area contributed by atoms with E-state index in [0.717, 1.165) is 5.56 Å². The van der Waals surface area contributed by atoms with Crippen LogP contribution in [0.4, 0.5) is 0 Å². The molecule has 0 heterocycles. The summed E-state index contributed by atoms with van der Waals surface area (Å²) in [7, 11) is 0. The third-order valence-electron chi connectivity index (χ3n) is 4.64. The first-order valence-corrected chi connectivity index (χ1v) is 10.0. The maximum absolute atomic E-state index is 13.0. The van der Waals surface area contributed by atoms with Crippen LogP contribution in [-0.2, 0) is 9.53 Å². The van der Waals surface area contributed by atoms with E-state index in [4.69, 9.17) is 21.1 Å². The standard InChI is InChI=1S/C25H22ClNO3.Na.H/c1-17(2)24(18-11-13-20(26)14-12-18)25(28)30-23(16-27)19-7-6-10-22(15-19)29-21-8-4-3-5-9-21;;/h3-15,17,23-24H,1-2H3;;/q;+1;-1. The Morgan fingerprint density at radius 1 is 0.935 bits per heavy atom. The van der Waals surface area contributed by atoms with Gasteiger partial charge in [-0.25, -0.2) is 0 Å². The SMILES string of the molecule is CC(C)C(C(=O)OC(C#N)c1cccc(Oc2ccccc2)c1)c1ccc(Cl)cc1.[H-].[Na+]. The largest absolute Gasteiger partial charge is 1.00 e. The van der Waals surface area contributed by atoms with E-state index in [1.54, 1.807) is 36.4 Å². The number of halogens is 1. The van der Waals surface area contributed by atoms with Gasteiger partial charge in [-0.05, 0) is 47.9 Å². The number of carbonyl (C=O) groups excluding carboxylic acids is 1. The van der Waals surface area contributed by atoms with Crippen LogP contribution >= 0.6 is 11.6 Å². The zero-order valence-electron chi connectivity index (χ0n) is 18.8. The molecule has 0 aliphatic rings. The molecule has 0 saturated heterocycles. The van der Waals surface area contributed by atoms with Gasteiger partial charge in [0.15, 0.2) is 0 Å². The van der Waals surface area contributed by atoms with Crippen molar-refractivity contribution >= 4 is 17.6 Å². The molecule has 154 valence electrons. The molecule has 6 heteroatoms. The van der Waals surface area contributed by atoms with Crippen LogP contribution < -0.4 is 34.3 Å². The van der Waals surface area contributed by atoms with Crippen LogP contribution in [0.1, 0.15) is 38.4 Å².